The van der Waals surface area contributed by atoms with Crippen molar-refractivity contribution < 1.29 is 14.4 Å². The lowest BCUT2D eigenvalue weighted by atomic mass is 9.75. The smallest absolute Gasteiger partial charge is 0.140 e. The molecule has 5 unspecified atom stereocenters. The molecule has 0 aliphatic heterocycles. The maximum Gasteiger partial charge on any atom is 0.140 e. The predicted molar refractivity (Wildman–Crippen MR) is 143 cm³/mol. The highest BCUT2D eigenvalue weighted by Gasteiger charge is 2.50. The number of ketones is 3. The summed E-state index contributed by atoms with van der Waals surface area (Å²) in [4.78, 5) is 33.4. The number of carbonyl (C=O) groups excluding carboxylic acids is 3. The molecule has 2 saturated carbocycles. The van der Waals surface area contributed by atoms with Crippen molar-refractivity contribution in [2.24, 2.45) is 35.5 Å². The van der Waals surface area contributed by atoms with E-state index in [-0.39, 0.29) is 29.3 Å². The molecule has 0 aromatic carbocycles. The van der Waals surface area contributed by atoms with Crippen LogP contribution in [0.4, 0.5) is 0 Å². The molecular weight excluding hydrogens is 408 g/mol. The largest absolute Gasteiger partial charge is 0.300 e. The lowest BCUT2D eigenvalue weighted by Crippen LogP contribution is -2.34. The quantitative estimate of drug-likeness (QED) is 0.385. The topological polar surface area (TPSA) is 51.2 Å². The number of fused-ring (bicyclic) bond motifs is 2. The molecule has 2 bridgehead atoms. The van der Waals surface area contributed by atoms with Crippen molar-refractivity contribution in [3.05, 3.63) is 24.3 Å². The van der Waals surface area contributed by atoms with E-state index in [1.165, 1.54) is 39.5 Å². The van der Waals surface area contributed by atoms with Crippen molar-refractivity contribution in [1.29, 1.82) is 0 Å². The normalized spacial score (nSPS) is 24.6. The van der Waals surface area contributed by atoms with Gasteiger partial charge in [-0.25, -0.2) is 0 Å². The monoisotopic (exact) mass is 462 g/mol. The first-order valence-electron chi connectivity index (χ1n) is 13.2. The van der Waals surface area contributed by atoms with Crippen molar-refractivity contribution in [2.75, 3.05) is 0 Å². The summed E-state index contributed by atoms with van der Waals surface area (Å²) in [7, 11) is 0. The number of hydrogen-bond acceptors (Lipinski definition) is 3. The minimum Gasteiger partial charge on any atom is -0.300 e. The van der Waals surface area contributed by atoms with Crippen molar-refractivity contribution in [3.63, 3.8) is 0 Å². The molecule has 0 amide bonds. The first-order valence-corrected chi connectivity index (χ1v) is 13.2. The molecule has 0 heterocycles. The zero-order chi connectivity index (χ0) is 26.0. The number of hydrogen-bond donors (Lipinski definition) is 0. The molecule has 0 radical (unpaired) electrons. The van der Waals surface area contributed by atoms with Crippen LogP contribution in [0, 0.1) is 35.5 Å². The molecule has 33 heavy (non-hydrogen) atoms. The van der Waals surface area contributed by atoms with E-state index in [0.29, 0.717) is 17.6 Å². The third-order valence-corrected chi connectivity index (χ3v) is 5.83. The van der Waals surface area contributed by atoms with Crippen LogP contribution in [0.1, 0.15) is 114 Å². The molecule has 3 nitrogen and oxygen atoms in total. The van der Waals surface area contributed by atoms with Gasteiger partial charge in [0.25, 0.3) is 0 Å². The van der Waals surface area contributed by atoms with E-state index in [1.54, 1.807) is 6.92 Å². The molecule has 3 aliphatic carbocycles. The van der Waals surface area contributed by atoms with Crippen LogP contribution < -0.4 is 0 Å². The maximum atomic E-state index is 12.3. The first-order chi connectivity index (χ1) is 15.4. The van der Waals surface area contributed by atoms with Gasteiger partial charge < -0.3 is 4.79 Å². The highest BCUT2D eigenvalue weighted by Crippen LogP contribution is 2.49. The number of rotatable bonds is 5. The summed E-state index contributed by atoms with van der Waals surface area (Å²) in [6.45, 7) is 19.4. The summed E-state index contributed by atoms with van der Waals surface area (Å²) in [5, 5.41) is 0. The maximum absolute atomic E-state index is 12.3. The van der Waals surface area contributed by atoms with Gasteiger partial charge in [0.2, 0.25) is 0 Å². The van der Waals surface area contributed by atoms with Gasteiger partial charge in [0.1, 0.15) is 17.3 Å². The summed E-state index contributed by atoms with van der Waals surface area (Å²) in [6.07, 6.45) is 17.5. The fourth-order valence-corrected chi connectivity index (χ4v) is 3.78. The van der Waals surface area contributed by atoms with Crippen LogP contribution in [-0.4, -0.2) is 17.3 Å². The molecule has 3 aliphatic rings. The summed E-state index contributed by atoms with van der Waals surface area (Å²) < 4.78 is 0. The minimum atomic E-state index is -0.0310. The first kappa shape index (κ1) is 33.7. The summed E-state index contributed by atoms with van der Waals surface area (Å²) in [5.41, 5.74) is 0. The van der Waals surface area contributed by atoms with Gasteiger partial charge >= 0.3 is 0 Å². The second-order valence-electron chi connectivity index (χ2n) is 10.4. The SMILES string of the molecule is C/C=C\CC.C1CCC1.CC(C)=O.CC(C)C.CCC(C)C(=O)C1C2C=CC(C2)C1C(C)=O. The molecule has 0 aromatic rings. The third kappa shape index (κ3) is 15.9. The fourth-order valence-electron chi connectivity index (χ4n) is 3.78. The van der Waals surface area contributed by atoms with E-state index in [9.17, 15) is 14.4 Å². The average molecular weight is 463 g/mol. The van der Waals surface area contributed by atoms with Crippen molar-refractivity contribution in [1.82, 2.24) is 0 Å². The Morgan fingerprint density at radius 2 is 1.24 bits per heavy atom. The second kappa shape index (κ2) is 19.9. The zero-order valence-electron chi connectivity index (χ0n) is 23.4. The third-order valence-electron chi connectivity index (χ3n) is 5.83. The Kier molecular flexibility index (Phi) is 20.3. The number of allylic oxidation sites excluding steroid dienone is 4. The number of Topliss-reactive ketones (excluding diaryl/α,β-unsaturated/α-hetero) is 3. The van der Waals surface area contributed by atoms with Crippen LogP contribution >= 0.6 is 0 Å². The molecule has 0 saturated heterocycles. The van der Waals surface area contributed by atoms with E-state index in [4.69, 9.17) is 0 Å². The van der Waals surface area contributed by atoms with Crippen LogP contribution in [0.5, 0.6) is 0 Å². The van der Waals surface area contributed by atoms with Gasteiger partial charge in [-0.05, 0) is 64.7 Å². The van der Waals surface area contributed by atoms with Gasteiger partial charge in [-0.1, -0.05) is 91.5 Å². The lowest BCUT2D eigenvalue weighted by molar-refractivity contribution is -0.134. The zero-order valence-corrected chi connectivity index (χ0v) is 23.4. The van der Waals surface area contributed by atoms with Gasteiger partial charge in [0, 0.05) is 17.8 Å². The van der Waals surface area contributed by atoms with Crippen molar-refractivity contribution >= 4 is 17.3 Å². The van der Waals surface area contributed by atoms with Crippen LogP contribution in [0.15, 0.2) is 24.3 Å². The molecule has 5 atom stereocenters. The molecule has 3 heteroatoms. The lowest BCUT2D eigenvalue weighted by Gasteiger charge is -2.26. The van der Waals surface area contributed by atoms with Crippen molar-refractivity contribution in [2.45, 2.75) is 114 Å². The van der Waals surface area contributed by atoms with E-state index in [2.05, 4.69) is 52.0 Å². The Bertz CT molecular complexity index is 585. The Morgan fingerprint density at radius 3 is 1.48 bits per heavy atom. The Hall–Kier alpha value is -1.51. The molecule has 3 rings (SSSR count). The van der Waals surface area contributed by atoms with E-state index in [1.807, 2.05) is 20.8 Å². The van der Waals surface area contributed by atoms with Gasteiger partial charge in [-0.3, -0.25) is 9.59 Å². The molecular formula is C30H54O3. The van der Waals surface area contributed by atoms with Gasteiger partial charge in [-0.15, -0.1) is 0 Å². The summed E-state index contributed by atoms with van der Waals surface area (Å²) in [6, 6.07) is 0. The standard InChI is InChI=1S/C14H20O2.C5H10.C4H8.C4H10.C3H6O/c1-4-8(2)14(16)13-11-6-5-10(7-11)12(13)9(3)15;1-3-5-4-2;1-2-4-3-1;1-4(2)3;1-3(2)4/h5-6,8,10-13H,4,7H2,1-3H3;3,5H,4H2,1-2H3;1-4H2;4H,1-3H3;1-2H3/b;5-3-;;;. The molecule has 0 N–H and O–H groups in total. The van der Waals surface area contributed by atoms with E-state index in [0.717, 1.165) is 25.2 Å². The molecule has 192 valence electrons. The van der Waals surface area contributed by atoms with Crippen molar-refractivity contribution in [3.8, 4) is 0 Å². The van der Waals surface area contributed by atoms with Gasteiger partial charge in [0.05, 0.1) is 0 Å². The minimum absolute atomic E-state index is 0.0255. The Balaban J connectivity index is 0. The second-order valence-corrected chi connectivity index (χ2v) is 10.4. The van der Waals surface area contributed by atoms with E-state index >= 15 is 0 Å². The predicted octanol–water partition coefficient (Wildman–Crippen LogP) is 8.42. The molecule has 2 fully saturated rings. The average Bonchev–Trinajstić information content (AvgIpc) is 3.27. The summed E-state index contributed by atoms with van der Waals surface area (Å²) >= 11 is 0. The fraction of sp³-hybridized carbons (Fsp3) is 0.767. The number of carbonyl (C=O) groups is 3. The highest BCUT2D eigenvalue weighted by atomic mass is 16.1. The van der Waals surface area contributed by atoms with Gasteiger partial charge in [-0.2, -0.15) is 0 Å². The Labute approximate surface area is 205 Å². The van der Waals surface area contributed by atoms with Crippen LogP contribution in [0.2, 0.25) is 0 Å². The molecule has 0 aromatic heterocycles. The highest BCUT2D eigenvalue weighted by molar-refractivity contribution is 5.91. The van der Waals surface area contributed by atoms with Gasteiger partial charge in [0.15, 0.2) is 0 Å². The van der Waals surface area contributed by atoms with Crippen LogP contribution in [-0.2, 0) is 14.4 Å². The van der Waals surface area contributed by atoms with Crippen LogP contribution in [0.3, 0.4) is 0 Å². The summed E-state index contributed by atoms with van der Waals surface area (Å²) in [5.74, 6) is 2.21. The van der Waals surface area contributed by atoms with Crippen LogP contribution in [0.25, 0.3) is 0 Å². The molecule has 0 spiro atoms. The Morgan fingerprint density at radius 1 is 0.848 bits per heavy atom. The van der Waals surface area contributed by atoms with E-state index < -0.39 is 0 Å².